The minimum absolute atomic E-state index is 0.00317. The number of Topliss-reactive ketones (excluding diaryl/α,β-unsaturated/α-hetero) is 1. The molecule has 5 rings (SSSR count). The van der Waals surface area contributed by atoms with E-state index in [-0.39, 0.29) is 36.7 Å². The van der Waals surface area contributed by atoms with Gasteiger partial charge in [-0.05, 0) is 37.0 Å². The monoisotopic (exact) mass is 503 g/mol. The van der Waals surface area contributed by atoms with Crippen LogP contribution < -0.4 is 10.0 Å². The van der Waals surface area contributed by atoms with Gasteiger partial charge in [0.05, 0.1) is 15.8 Å². The lowest BCUT2D eigenvalue weighted by Crippen LogP contribution is -2.55. The molecule has 0 radical (unpaired) electrons. The first-order valence-electron chi connectivity index (χ1n) is 11.6. The van der Waals surface area contributed by atoms with Gasteiger partial charge in [0.15, 0.2) is 18.2 Å². The van der Waals surface area contributed by atoms with E-state index < -0.39 is 23.6 Å². The molecule has 8 nitrogen and oxygen atoms in total. The van der Waals surface area contributed by atoms with Crippen molar-refractivity contribution in [2.24, 2.45) is 5.92 Å². The molecule has 3 fully saturated rings. The second-order valence-corrected chi connectivity index (χ2v) is 10.8. The molecule has 2 aromatic heterocycles. The lowest BCUT2D eigenvalue weighted by atomic mass is 9.83. The molecule has 10 heteroatoms. The largest absolute Gasteiger partial charge is 0.619 e. The second kappa shape index (κ2) is 9.64. The minimum atomic E-state index is -0.727. The average molecular weight is 504 g/mol. The van der Waals surface area contributed by atoms with Crippen molar-refractivity contribution in [1.29, 1.82) is 0 Å². The van der Waals surface area contributed by atoms with E-state index in [1.54, 1.807) is 18.2 Å². The summed E-state index contributed by atoms with van der Waals surface area (Å²) in [4.78, 5) is 42.2. The minimum Gasteiger partial charge on any atom is -0.619 e. The van der Waals surface area contributed by atoms with Gasteiger partial charge in [-0.1, -0.05) is 19.3 Å². The number of nitrogens with zero attached hydrogens (tertiary/aromatic N) is 2. The predicted octanol–water partition coefficient (Wildman–Crippen LogP) is 2.51. The van der Waals surface area contributed by atoms with Crippen LogP contribution in [-0.4, -0.2) is 59.2 Å². The van der Waals surface area contributed by atoms with Crippen molar-refractivity contribution >= 4 is 40.5 Å². The lowest BCUT2D eigenvalue weighted by Gasteiger charge is -2.34. The van der Waals surface area contributed by atoms with Gasteiger partial charge in [0.2, 0.25) is 5.91 Å². The van der Waals surface area contributed by atoms with E-state index in [4.69, 9.17) is 16.3 Å². The number of fused-ring (bicyclic) bond motifs is 1. The molecule has 2 aromatic rings. The van der Waals surface area contributed by atoms with Crippen molar-refractivity contribution in [3.05, 3.63) is 46.7 Å². The topological polar surface area (TPSA) is 103 Å². The van der Waals surface area contributed by atoms with Crippen LogP contribution in [-0.2, 0) is 14.3 Å². The number of pyridine rings is 1. The Morgan fingerprint density at radius 1 is 1.24 bits per heavy atom. The molecule has 2 saturated heterocycles. The zero-order chi connectivity index (χ0) is 23.8. The molecule has 1 aliphatic carbocycles. The number of ether oxygens (including phenoxy) is 1. The third-order valence-corrected chi connectivity index (χ3v) is 8.49. The number of thiophene rings is 1. The second-order valence-electron chi connectivity index (χ2n) is 9.16. The summed E-state index contributed by atoms with van der Waals surface area (Å²) < 4.78 is 6.24. The molecule has 2 amide bonds. The molecular weight excluding hydrogens is 478 g/mol. The Kier molecular flexibility index (Phi) is 6.59. The normalized spacial score (nSPS) is 25.9. The first kappa shape index (κ1) is 23.3. The number of nitrogens with one attached hydrogen (secondary N) is 1. The molecule has 4 atom stereocenters. The molecular formula is C24H26ClN3O5S. The molecule has 0 unspecified atom stereocenters. The third-order valence-electron chi connectivity index (χ3n) is 6.97. The fraction of sp³-hybridized carbons (Fsp3) is 0.500. The molecule has 2 aliphatic heterocycles. The Bertz CT molecular complexity index is 1100. The number of hydrogen-bond donors (Lipinski definition) is 1. The molecule has 1 N–H and O–H groups in total. The smallest absolute Gasteiger partial charge is 0.262 e. The molecule has 0 aromatic carbocycles. The first-order chi connectivity index (χ1) is 16.4. The van der Waals surface area contributed by atoms with E-state index in [1.165, 1.54) is 28.6 Å². The van der Waals surface area contributed by atoms with Crippen LogP contribution in [0.15, 0.2) is 36.7 Å². The average Bonchev–Trinajstić information content (AvgIpc) is 3.56. The maximum atomic E-state index is 13.7. The standard InChI is InChI=1S/C24H26ClN3O5S/c25-16-12-28(21-17(29)13-33-22(16)21)24(31)20(14-5-2-1-3-6-14)26-23(30)19-9-8-18(34-19)15-7-4-10-27(32)11-15/h4,7-11,14,16,20-22H,1-3,5-6,12-13H2,(H,26,30)/t16-,20-,21+,22+/m0/s1. The number of halogens is 1. The number of carbonyl (C=O) groups is 3. The van der Waals surface area contributed by atoms with Crippen molar-refractivity contribution in [3.8, 4) is 10.4 Å². The summed E-state index contributed by atoms with van der Waals surface area (Å²) in [5.74, 6) is -0.734. The maximum Gasteiger partial charge on any atom is 0.262 e. The number of aromatic nitrogens is 1. The molecule has 0 spiro atoms. The van der Waals surface area contributed by atoms with Crippen LogP contribution in [0.4, 0.5) is 0 Å². The first-order valence-corrected chi connectivity index (χ1v) is 12.9. The van der Waals surface area contributed by atoms with Gasteiger partial charge < -0.3 is 20.2 Å². The highest BCUT2D eigenvalue weighted by Crippen LogP contribution is 2.34. The van der Waals surface area contributed by atoms with Crippen LogP contribution >= 0.6 is 22.9 Å². The van der Waals surface area contributed by atoms with Gasteiger partial charge >= 0.3 is 0 Å². The Morgan fingerprint density at radius 2 is 2.03 bits per heavy atom. The number of hydrogen-bond acceptors (Lipinski definition) is 6. The Morgan fingerprint density at radius 3 is 2.79 bits per heavy atom. The number of carbonyl (C=O) groups excluding carboxylic acids is 3. The van der Waals surface area contributed by atoms with E-state index >= 15 is 0 Å². The van der Waals surface area contributed by atoms with E-state index in [0.717, 1.165) is 42.5 Å². The van der Waals surface area contributed by atoms with Gasteiger partial charge in [0.1, 0.15) is 24.8 Å². The van der Waals surface area contributed by atoms with E-state index in [9.17, 15) is 19.6 Å². The molecule has 0 bridgehead atoms. The molecule has 1 saturated carbocycles. The number of rotatable bonds is 5. The highest BCUT2D eigenvalue weighted by atomic mass is 35.5. The highest BCUT2D eigenvalue weighted by molar-refractivity contribution is 7.17. The lowest BCUT2D eigenvalue weighted by molar-refractivity contribution is -0.604. The van der Waals surface area contributed by atoms with Gasteiger partial charge in [-0.25, -0.2) is 0 Å². The van der Waals surface area contributed by atoms with Crippen molar-refractivity contribution < 1.29 is 23.9 Å². The summed E-state index contributed by atoms with van der Waals surface area (Å²) in [6.07, 6.45) is 7.17. The Labute approximate surface area is 206 Å². The van der Waals surface area contributed by atoms with Gasteiger partial charge in [-0.3, -0.25) is 14.4 Å². The summed E-state index contributed by atoms with van der Waals surface area (Å²) in [7, 11) is 0. The SMILES string of the molecule is O=C(N[C@H](C(=O)N1C[C@H](Cl)[C@H]2OCC(=O)[C@H]21)C1CCCCC1)c1ccc(-c2ccc[n+]([O-])c2)s1. The van der Waals surface area contributed by atoms with Crippen LogP contribution in [0.3, 0.4) is 0 Å². The predicted molar refractivity (Wildman–Crippen MR) is 126 cm³/mol. The highest BCUT2D eigenvalue weighted by Gasteiger charge is 2.53. The number of likely N-dealkylation sites (tertiary alicyclic amines) is 1. The molecule has 180 valence electrons. The van der Waals surface area contributed by atoms with E-state index in [0.29, 0.717) is 9.61 Å². The van der Waals surface area contributed by atoms with Crippen LogP contribution in [0, 0.1) is 11.1 Å². The van der Waals surface area contributed by atoms with Crippen LogP contribution in [0.25, 0.3) is 10.4 Å². The van der Waals surface area contributed by atoms with Crippen molar-refractivity contribution in [3.63, 3.8) is 0 Å². The molecule has 34 heavy (non-hydrogen) atoms. The number of ketones is 1. The van der Waals surface area contributed by atoms with Gasteiger partial charge in [0.25, 0.3) is 5.91 Å². The quantitative estimate of drug-likeness (QED) is 0.383. The summed E-state index contributed by atoms with van der Waals surface area (Å²) in [5, 5.41) is 14.1. The summed E-state index contributed by atoms with van der Waals surface area (Å²) in [6, 6.07) is 5.56. The van der Waals surface area contributed by atoms with Crippen molar-refractivity contribution in [2.45, 2.75) is 55.7 Å². The fourth-order valence-corrected chi connectivity index (χ4v) is 6.54. The number of amides is 2. The summed E-state index contributed by atoms with van der Waals surface area (Å²) in [6.45, 7) is 0.191. The van der Waals surface area contributed by atoms with Crippen LogP contribution in [0.2, 0.25) is 0 Å². The third kappa shape index (κ3) is 4.44. The molecule has 4 heterocycles. The van der Waals surface area contributed by atoms with Crippen LogP contribution in [0.1, 0.15) is 41.8 Å². The van der Waals surface area contributed by atoms with E-state index in [1.807, 2.05) is 6.07 Å². The van der Waals surface area contributed by atoms with Crippen LogP contribution in [0.5, 0.6) is 0 Å². The van der Waals surface area contributed by atoms with Gasteiger partial charge in [0, 0.05) is 17.5 Å². The van der Waals surface area contributed by atoms with Crippen molar-refractivity contribution in [2.75, 3.05) is 13.2 Å². The van der Waals surface area contributed by atoms with E-state index in [2.05, 4.69) is 5.32 Å². The molecule has 3 aliphatic rings. The van der Waals surface area contributed by atoms with Gasteiger partial charge in [-0.15, -0.1) is 22.9 Å². The van der Waals surface area contributed by atoms with Crippen molar-refractivity contribution in [1.82, 2.24) is 10.2 Å². The Hall–Kier alpha value is -2.49. The maximum absolute atomic E-state index is 13.7. The number of alkyl halides is 1. The summed E-state index contributed by atoms with van der Waals surface area (Å²) in [5.41, 5.74) is 0.720. The zero-order valence-electron chi connectivity index (χ0n) is 18.5. The zero-order valence-corrected chi connectivity index (χ0v) is 20.1. The fourth-order valence-electron chi connectivity index (χ4n) is 5.28. The summed E-state index contributed by atoms with van der Waals surface area (Å²) >= 11 is 7.67. The van der Waals surface area contributed by atoms with Gasteiger partial charge in [-0.2, -0.15) is 4.73 Å². The Balaban J connectivity index is 1.37.